The summed E-state index contributed by atoms with van der Waals surface area (Å²) >= 11 is 4.32. The number of alkyl halides is 3. The van der Waals surface area contributed by atoms with E-state index in [1.54, 1.807) is 0 Å². The predicted molar refractivity (Wildman–Crippen MR) is 74.6 cm³/mol. The second-order valence-corrected chi connectivity index (χ2v) is 5.64. The summed E-state index contributed by atoms with van der Waals surface area (Å²) in [7, 11) is 0. The molecule has 0 radical (unpaired) electrons. The van der Waals surface area contributed by atoms with Crippen molar-refractivity contribution in [1.82, 2.24) is 5.32 Å². The maximum absolute atomic E-state index is 12.7. The minimum atomic E-state index is -4.50. The van der Waals surface area contributed by atoms with Crippen LogP contribution in [0.15, 0.2) is 39.5 Å². The van der Waals surface area contributed by atoms with Gasteiger partial charge < -0.3 is 5.32 Å². The van der Waals surface area contributed by atoms with Crippen molar-refractivity contribution in [3.63, 3.8) is 0 Å². The summed E-state index contributed by atoms with van der Waals surface area (Å²) in [5, 5.41) is 6.31. The maximum atomic E-state index is 12.7. The average Bonchev–Trinajstić information content (AvgIpc) is 2.88. The van der Waals surface area contributed by atoms with Gasteiger partial charge in [-0.25, -0.2) is 0 Å². The molecule has 2 rings (SSSR count). The van der Waals surface area contributed by atoms with Gasteiger partial charge in [-0.3, -0.25) is 4.79 Å². The number of thiophene rings is 1. The van der Waals surface area contributed by atoms with Crippen molar-refractivity contribution >= 4 is 33.2 Å². The molecule has 0 fully saturated rings. The lowest BCUT2D eigenvalue weighted by Gasteiger charge is -2.11. The lowest BCUT2D eigenvalue weighted by Crippen LogP contribution is -2.23. The van der Waals surface area contributed by atoms with Gasteiger partial charge in [0.1, 0.15) is 0 Å². The van der Waals surface area contributed by atoms with E-state index in [0.717, 1.165) is 11.6 Å². The third kappa shape index (κ3) is 3.61. The quantitative estimate of drug-likeness (QED) is 0.856. The van der Waals surface area contributed by atoms with Gasteiger partial charge in [0.05, 0.1) is 5.56 Å². The maximum Gasteiger partial charge on any atom is 0.417 e. The highest BCUT2D eigenvalue weighted by Gasteiger charge is 2.33. The highest BCUT2D eigenvalue weighted by Crippen LogP contribution is 2.35. The second kappa shape index (κ2) is 5.97. The van der Waals surface area contributed by atoms with E-state index in [1.165, 1.54) is 23.5 Å². The molecule has 0 bridgehead atoms. The molecule has 0 unspecified atom stereocenters. The molecule has 0 aliphatic carbocycles. The molecule has 0 spiro atoms. The number of hydrogen-bond acceptors (Lipinski definition) is 2. The second-order valence-electron chi connectivity index (χ2n) is 4.01. The van der Waals surface area contributed by atoms with Gasteiger partial charge in [-0.05, 0) is 40.6 Å². The first-order valence-corrected chi connectivity index (χ1v) is 7.27. The van der Waals surface area contributed by atoms with E-state index in [0.29, 0.717) is 6.54 Å². The summed E-state index contributed by atoms with van der Waals surface area (Å²) in [6, 6.07) is 5.26. The van der Waals surface area contributed by atoms with Crippen LogP contribution in [0.1, 0.15) is 21.5 Å². The summed E-state index contributed by atoms with van der Waals surface area (Å²) in [5.74, 6) is -0.533. The number of carbonyl (C=O) groups is 1. The van der Waals surface area contributed by atoms with E-state index in [9.17, 15) is 18.0 Å². The Balaban J connectivity index is 2.14. The number of carbonyl (C=O) groups excluding carboxylic acids is 1. The molecule has 1 aromatic carbocycles. The molecular formula is C13H9BrF3NOS. The molecule has 0 saturated carbocycles. The molecule has 1 heterocycles. The Hall–Kier alpha value is -1.34. The lowest BCUT2D eigenvalue weighted by atomic mass is 10.1. The lowest BCUT2D eigenvalue weighted by molar-refractivity contribution is -0.138. The SMILES string of the molecule is O=C(NCc1ccsc1)c1ccc(Br)c(C(F)(F)F)c1. The van der Waals surface area contributed by atoms with E-state index in [1.807, 2.05) is 16.8 Å². The first-order chi connectivity index (χ1) is 9.38. The van der Waals surface area contributed by atoms with E-state index in [4.69, 9.17) is 0 Å². The zero-order chi connectivity index (χ0) is 14.8. The first-order valence-electron chi connectivity index (χ1n) is 5.54. The molecule has 1 amide bonds. The van der Waals surface area contributed by atoms with E-state index < -0.39 is 17.6 Å². The zero-order valence-corrected chi connectivity index (χ0v) is 12.4. The Kier molecular flexibility index (Phi) is 4.49. The molecular weight excluding hydrogens is 355 g/mol. The highest BCUT2D eigenvalue weighted by atomic mass is 79.9. The predicted octanol–water partition coefficient (Wildman–Crippen LogP) is 4.46. The fraction of sp³-hybridized carbons (Fsp3) is 0.154. The third-order valence-corrected chi connectivity index (χ3v) is 3.99. The van der Waals surface area contributed by atoms with E-state index >= 15 is 0 Å². The van der Waals surface area contributed by atoms with Crippen molar-refractivity contribution in [3.8, 4) is 0 Å². The van der Waals surface area contributed by atoms with Crippen molar-refractivity contribution in [1.29, 1.82) is 0 Å². The Bertz CT molecular complexity index is 611. The van der Waals surface area contributed by atoms with Gasteiger partial charge in [0.15, 0.2) is 0 Å². The van der Waals surface area contributed by atoms with Crippen molar-refractivity contribution in [2.45, 2.75) is 12.7 Å². The van der Waals surface area contributed by atoms with E-state index in [-0.39, 0.29) is 10.0 Å². The molecule has 0 atom stereocenters. The molecule has 1 N–H and O–H groups in total. The standard InChI is InChI=1S/C13H9BrF3NOS/c14-11-2-1-9(5-10(11)13(15,16)17)12(19)18-6-8-3-4-20-7-8/h1-5,7H,6H2,(H,18,19). The number of benzene rings is 1. The third-order valence-electron chi connectivity index (χ3n) is 2.57. The topological polar surface area (TPSA) is 29.1 Å². The molecule has 0 aliphatic heterocycles. The van der Waals surface area contributed by atoms with Gasteiger partial charge in [0, 0.05) is 16.6 Å². The molecule has 106 valence electrons. The molecule has 2 nitrogen and oxygen atoms in total. The molecule has 0 saturated heterocycles. The van der Waals surface area contributed by atoms with Crippen LogP contribution in [-0.2, 0) is 12.7 Å². The smallest absolute Gasteiger partial charge is 0.348 e. The highest BCUT2D eigenvalue weighted by molar-refractivity contribution is 9.10. The van der Waals surface area contributed by atoms with Crippen LogP contribution in [0, 0.1) is 0 Å². The van der Waals surface area contributed by atoms with Crippen molar-refractivity contribution in [2.24, 2.45) is 0 Å². The van der Waals surface area contributed by atoms with Crippen LogP contribution >= 0.6 is 27.3 Å². The molecule has 0 aliphatic rings. The van der Waals surface area contributed by atoms with Crippen LogP contribution in [-0.4, -0.2) is 5.91 Å². The van der Waals surface area contributed by atoms with Gasteiger partial charge in [-0.1, -0.05) is 15.9 Å². The van der Waals surface area contributed by atoms with Crippen molar-refractivity contribution in [3.05, 3.63) is 56.2 Å². The van der Waals surface area contributed by atoms with Crippen LogP contribution in [0.3, 0.4) is 0 Å². The van der Waals surface area contributed by atoms with Gasteiger partial charge in [-0.2, -0.15) is 24.5 Å². The monoisotopic (exact) mass is 363 g/mol. The zero-order valence-electron chi connectivity index (χ0n) is 10.00. The Morgan fingerprint density at radius 1 is 1.30 bits per heavy atom. The fourth-order valence-electron chi connectivity index (χ4n) is 1.56. The van der Waals surface area contributed by atoms with Crippen LogP contribution in [0.25, 0.3) is 0 Å². The Morgan fingerprint density at radius 2 is 2.05 bits per heavy atom. The average molecular weight is 364 g/mol. The molecule has 7 heteroatoms. The van der Waals surface area contributed by atoms with E-state index in [2.05, 4.69) is 21.2 Å². The normalized spacial score (nSPS) is 11.4. The minimum Gasteiger partial charge on any atom is -0.348 e. The van der Waals surface area contributed by atoms with Crippen LogP contribution < -0.4 is 5.32 Å². The van der Waals surface area contributed by atoms with Crippen LogP contribution in [0.2, 0.25) is 0 Å². The number of amides is 1. The fourth-order valence-corrected chi connectivity index (χ4v) is 2.70. The number of rotatable bonds is 3. The first kappa shape index (κ1) is 15.1. The Labute approximate surface area is 125 Å². The van der Waals surface area contributed by atoms with Gasteiger partial charge in [0.25, 0.3) is 5.91 Å². The minimum absolute atomic E-state index is 0.0178. The largest absolute Gasteiger partial charge is 0.417 e. The van der Waals surface area contributed by atoms with Crippen molar-refractivity contribution < 1.29 is 18.0 Å². The summed E-state index contributed by atoms with van der Waals surface area (Å²) < 4.78 is 38.1. The van der Waals surface area contributed by atoms with Crippen LogP contribution in [0.5, 0.6) is 0 Å². The van der Waals surface area contributed by atoms with Crippen LogP contribution in [0.4, 0.5) is 13.2 Å². The van der Waals surface area contributed by atoms with Crippen molar-refractivity contribution in [2.75, 3.05) is 0 Å². The number of hydrogen-bond donors (Lipinski definition) is 1. The number of nitrogens with one attached hydrogen (secondary N) is 1. The summed E-state index contributed by atoms with van der Waals surface area (Å²) in [6.07, 6.45) is -4.50. The van der Waals surface area contributed by atoms with Gasteiger partial charge in [0.2, 0.25) is 0 Å². The Morgan fingerprint density at radius 3 is 2.65 bits per heavy atom. The molecule has 20 heavy (non-hydrogen) atoms. The number of halogens is 4. The molecule has 1 aromatic heterocycles. The summed E-state index contributed by atoms with van der Waals surface area (Å²) in [6.45, 7) is 0.291. The molecule has 2 aromatic rings. The van der Waals surface area contributed by atoms with Gasteiger partial charge in [-0.15, -0.1) is 0 Å². The summed E-state index contributed by atoms with van der Waals surface area (Å²) in [4.78, 5) is 11.8. The summed E-state index contributed by atoms with van der Waals surface area (Å²) in [5.41, 5.74) is 0.0351. The van der Waals surface area contributed by atoms with Gasteiger partial charge >= 0.3 is 6.18 Å².